The highest BCUT2D eigenvalue weighted by atomic mass is 19.1. The molecule has 1 aromatic rings. The van der Waals surface area contributed by atoms with E-state index >= 15 is 0 Å². The third kappa shape index (κ3) is 3.03. The van der Waals surface area contributed by atoms with Crippen LogP contribution in [0.3, 0.4) is 0 Å². The highest BCUT2D eigenvalue weighted by Crippen LogP contribution is 2.22. The Bertz CT molecular complexity index is 566. The van der Waals surface area contributed by atoms with Gasteiger partial charge in [-0.2, -0.15) is 0 Å². The number of halogens is 1. The lowest BCUT2D eigenvalue weighted by Crippen LogP contribution is -2.48. The Balaban J connectivity index is 2.12. The van der Waals surface area contributed by atoms with E-state index in [2.05, 4.69) is 5.32 Å². The normalized spacial score (nSPS) is 23.3. The van der Waals surface area contributed by atoms with Crippen molar-refractivity contribution in [2.75, 3.05) is 20.3 Å². The standard InChI is InChI=1S/C14H17FN2O4/c1-14(8-21-2)12(19)17(13(20)16-14)7-11(18)9-4-3-5-10(15)6-9/h3-6,11,18H,7-8H2,1-2H3,(H,16,20)/t11-,14+/m1/s1. The molecule has 21 heavy (non-hydrogen) atoms. The van der Waals surface area contributed by atoms with Gasteiger partial charge in [-0.05, 0) is 24.6 Å². The van der Waals surface area contributed by atoms with Crippen LogP contribution in [0.2, 0.25) is 0 Å². The summed E-state index contributed by atoms with van der Waals surface area (Å²) in [7, 11) is 1.43. The van der Waals surface area contributed by atoms with E-state index in [1.165, 1.54) is 25.3 Å². The lowest BCUT2D eigenvalue weighted by atomic mass is 10.0. The van der Waals surface area contributed by atoms with Crippen molar-refractivity contribution in [1.29, 1.82) is 0 Å². The number of benzene rings is 1. The van der Waals surface area contributed by atoms with E-state index in [-0.39, 0.29) is 13.2 Å². The maximum absolute atomic E-state index is 13.1. The van der Waals surface area contributed by atoms with Crippen LogP contribution in [0.15, 0.2) is 24.3 Å². The minimum absolute atomic E-state index is 0.0319. The molecule has 0 aliphatic carbocycles. The van der Waals surface area contributed by atoms with Crippen LogP contribution < -0.4 is 5.32 Å². The fourth-order valence-electron chi connectivity index (χ4n) is 2.29. The summed E-state index contributed by atoms with van der Waals surface area (Å²) in [6.45, 7) is 1.34. The van der Waals surface area contributed by atoms with Crippen molar-refractivity contribution in [3.05, 3.63) is 35.6 Å². The molecule has 0 radical (unpaired) electrons. The molecule has 1 fully saturated rings. The fourth-order valence-corrected chi connectivity index (χ4v) is 2.29. The monoisotopic (exact) mass is 296 g/mol. The molecule has 1 aromatic carbocycles. The van der Waals surface area contributed by atoms with Gasteiger partial charge in [0.25, 0.3) is 5.91 Å². The van der Waals surface area contributed by atoms with Crippen LogP contribution in [0.25, 0.3) is 0 Å². The first-order valence-corrected chi connectivity index (χ1v) is 6.44. The molecule has 0 unspecified atom stereocenters. The number of nitrogens with one attached hydrogen (secondary N) is 1. The Morgan fingerprint density at radius 2 is 2.19 bits per heavy atom. The predicted molar refractivity (Wildman–Crippen MR) is 71.9 cm³/mol. The number of nitrogens with zero attached hydrogens (tertiary/aromatic N) is 1. The van der Waals surface area contributed by atoms with Crippen LogP contribution in [0, 0.1) is 5.82 Å². The topological polar surface area (TPSA) is 78.9 Å². The molecule has 1 aliphatic rings. The number of hydrogen-bond acceptors (Lipinski definition) is 4. The van der Waals surface area contributed by atoms with Gasteiger partial charge in [-0.1, -0.05) is 12.1 Å². The summed E-state index contributed by atoms with van der Waals surface area (Å²) >= 11 is 0. The third-order valence-corrected chi connectivity index (χ3v) is 3.37. The molecule has 114 valence electrons. The molecule has 3 amide bonds. The Labute approximate surface area is 121 Å². The van der Waals surface area contributed by atoms with E-state index in [1.54, 1.807) is 6.92 Å². The number of imide groups is 1. The van der Waals surface area contributed by atoms with Gasteiger partial charge in [0.15, 0.2) is 0 Å². The molecule has 7 heteroatoms. The lowest BCUT2D eigenvalue weighted by Gasteiger charge is -2.21. The summed E-state index contributed by atoms with van der Waals surface area (Å²) in [5.41, 5.74) is -0.844. The number of methoxy groups -OCH3 is 1. The molecule has 0 aromatic heterocycles. The Morgan fingerprint density at radius 3 is 2.81 bits per heavy atom. The van der Waals surface area contributed by atoms with Crippen molar-refractivity contribution in [2.24, 2.45) is 0 Å². The summed E-state index contributed by atoms with van der Waals surface area (Å²) in [6, 6.07) is 4.79. The van der Waals surface area contributed by atoms with Crippen LogP contribution in [-0.2, 0) is 9.53 Å². The van der Waals surface area contributed by atoms with E-state index in [0.717, 1.165) is 11.0 Å². The van der Waals surface area contributed by atoms with E-state index < -0.39 is 29.4 Å². The van der Waals surface area contributed by atoms with Gasteiger partial charge in [0.05, 0.1) is 19.3 Å². The molecular formula is C14H17FN2O4. The summed E-state index contributed by atoms with van der Waals surface area (Å²) in [5, 5.41) is 12.6. The molecule has 0 saturated carbocycles. The predicted octanol–water partition coefficient (Wildman–Crippen LogP) is 0.816. The molecule has 1 aliphatic heterocycles. The van der Waals surface area contributed by atoms with Gasteiger partial charge in [-0.3, -0.25) is 9.69 Å². The zero-order valence-electron chi connectivity index (χ0n) is 11.8. The second kappa shape index (κ2) is 5.79. The molecule has 1 saturated heterocycles. The third-order valence-electron chi connectivity index (χ3n) is 3.37. The van der Waals surface area contributed by atoms with Gasteiger partial charge in [0, 0.05) is 7.11 Å². The number of carbonyl (C=O) groups is 2. The van der Waals surface area contributed by atoms with E-state index in [0.29, 0.717) is 5.56 Å². The Kier molecular flexibility index (Phi) is 4.24. The largest absolute Gasteiger partial charge is 0.387 e. The van der Waals surface area contributed by atoms with Crippen LogP contribution >= 0.6 is 0 Å². The van der Waals surface area contributed by atoms with E-state index in [4.69, 9.17) is 4.74 Å². The molecular weight excluding hydrogens is 279 g/mol. The van der Waals surface area contributed by atoms with Crippen molar-refractivity contribution in [3.63, 3.8) is 0 Å². The van der Waals surface area contributed by atoms with Crippen molar-refractivity contribution in [2.45, 2.75) is 18.6 Å². The molecule has 0 bridgehead atoms. The van der Waals surface area contributed by atoms with Crippen LogP contribution in [0.5, 0.6) is 0 Å². The molecule has 0 spiro atoms. The van der Waals surface area contributed by atoms with Gasteiger partial charge in [0.2, 0.25) is 0 Å². The van der Waals surface area contributed by atoms with Gasteiger partial charge in [-0.25, -0.2) is 9.18 Å². The number of ether oxygens (including phenoxy) is 1. The fraction of sp³-hybridized carbons (Fsp3) is 0.429. The minimum atomic E-state index is -1.15. The number of amides is 3. The number of aliphatic hydroxyl groups is 1. The van der Waals surface area contributed by atoms with Crippen molar-refractivity contribution < 1.29 is 23.8 Å². The zero-order valence-corrected chi connectivity index (χ0v) is 11.8. The van der Waals surface area contributed by atoms with Gasteiger partial charge < -0.3 is 15.2 Å². The SMILES string of the molecule is COC[C@]1(C)NC(=O)N(C[C@@H](O)c2cccc(F)c2)C1=O. The minimum Gasteiger partial charge on any atom is -0.387 e. The van der Waals surface area contributed by atoms with Crippen LogP contribution in [0.4, 0.5) is 9.18 Å². The van der Waals surface area contributed by atoms with Gasteiger partial charge in [0.1, 0.15) is 11.4 Å². The van der Waals surface area contributed by atoms with E-state index in [9.17, 15) is 19.1 Å². The maximum atomic E-state index is 13.1. The first-order chi connectivity index (χ1) is 9.87. The summed E-state index contributed by atoms with van der Waals surface area (Å²) in [6.07, 6.45) is -1.15. The van der Waals surface area contributed by atoms with Gasteiger partial charge >= 0.3 is 6.03 Å². The number of β-amino-alcohol motifs (C(OH)–C–C–N with tert-alkyl or cyclic N) is 1. The lowest BCUT2D eigenvalue weighted by molar-refractivity contribution is -0.133. The van der Waals surface area contributed by atoms with Crippen molar-refractivity contribution >= 4 is 11.9 Å². The number of rotatable bonds is 5. The van der Waals surface area contributed by atoms with Crippen LogP contribution in [0.1, 0.15) is 18.6 Å². The van der Waals surface area contributed by atoms with E-state index in [1.807, 2.05) is 0 Å². The number of aliphatic hydroxyl groups excluding tert-OH is 1. The molecule has 2 N–H and O–H groups in total. The average Bonchev–Trinajstić information content (AvgIpc) is 2.62. The summed E-state index contributed by atoms with van der Waals surface area (Å²) in [5.74, 6) is -0.974. The average molecular weight is 296 g/mol. The van der Waals surface area contributed by atoms with Crippen molar-refractivity contribution in [1.82, 2.24) is 10.2 Å². The zero-order chi connectivity index (χ0) is 15.6. The Hall–Kier alpha value is -1.99. The number of carbonyl (C=O) groups excluding carboxylic acids is 2. The van der Waals surface area contributed by atoms with Crippen LogP contribution in [-0.4, -0.2) is 47.7 Å². The second-order valence-electron chi connectivity index (χ2n) is 5.18. The van der Waals surface area contributed by atoms with Gasteiger partial charge in [-0.15, -0.1) is 0 Å². The quantitative estimate of drug-likeness (QED) is 0.788. The molecule has 2 rings (SSSR count). The highest BCUT2D eigenvalue weighted by Gasteiger charge is 2.48. The molecule has 6 nitrogen and oxygen atoms in total. The van der Waals surface area contributed by atoms with Crippen molar-refractivity contribution in [3.8, 4) is 0 Å². The number of urea groups is 1. The Morgan fingerprint density at radius 1 is 1.48 bits per heavy atom. The first-order valence-electron chi connectivity index (χ1n) is 6.44. The maximum Gasteiger partial charge on any atom is 0.325 e. The molecule has 1 heterocycles. The highest BCUT2D eigenvalue weighted by molar-refractivity contribution is 6.06. The first kappa shape index (κ1) is 15.4. The summed E-state index contributed by atoms with van der Waals surface area (Å²) < 4.78 is 18.1. The second-order valence-corrected chi connectivity index (χ2v) is 5.18. The summed E-state index contributed by atoms with van der Waals surface area (Å²) in [4.78, 5) is 25.0. The number of hydrogen-bond donors (Lipinski definition) is 2. The molecule has 2 atom stereocenters. The smallest absolute Gasteiger partial charge is 0.325 e.